The minimum Gasteiger partial charge on any atom is -0.322 e. The highest BCUT2D eigenvalue weighted by Gasteiger charge is 2.48. The molecule has 1 fully saturated rings. The van der Waals surface area contributed by atoms with Crippen LogP contribution in [0.3, 0.4) is 0 Å². The lowest BCUT2D eigenvalue weighted by Gasteiger charge is -2.36. The van der Waals surface area contributed by atoms with Crippen LogP contribution in [0.4, 0.5) is 5.69 Å². The Hall–Kier alpha value is -0.880. The molecule has 1 heterocycles. The zero-order valence-electron chi connectivity index (χ0n) is 16.2. The topological polar surface area (TPSA) is 29.1 Å². The number of hydrogen-bond donors (Lipinski definition) is 1. The third-order valence-corrected chi connectivity index (χ3v) is 11.3. The summed E-state index contributed by atoms with van der Waals surface area (Å²) in [6.45, 7) is 10.9. The van der Waals surface area contributed by atoms with Gasteiger partial charge in [0, 0.05) is 12.9 Å². The number of hydrogen-bond acceptors (Lipinski definition) is 1. The molecule has 0 spiro atoms. The molecule has 2 rings (SSSR count). The first kappa shape index (κ1) is 19.4. The minimum absolute atomic E-state index is 0.257. The van der Waals surface area contributed by atoms with Crippen LogP contribution in [-0.2, 0) is 4.79 Å². The van der Waals surface area contributed by atoms with Gasteiger partial charge in [0.2, 0.25) is 0 Å². The standard InChI is InChI=1S/C21H34NOP/c1-6-11-19(24(7-2)12-9-8-10-13-24)21(23)22-20-17(4)14-16(3)15-18(20)5/h14-15,19H,6-13H2,1-5H3/p+1. The van der Waals surface area contributed by atoms with Crippen molar-refractivity contribution in [2.75, 3.05) is 23.8 Å². The number of benzene rings is 1. The lowest BCUT2D eigenvalue weighted by atomic mass is 10.0. The Balaban J connectivity index is 2.26. The fourth-order valence-electron chi connectivity index (χ4n) is 4.50. The number of rotatable bonds is 6. The SMILES string of the molecule is CCCC(C(=O)Nc1c(C)cc(C)cc1C)[P+]1(CC)CCCCC1. The molecule has 1 atom stereocenters. The number of amides is 1. The number of aryl methyl sites for hydroxylation is 3. The van der Waals surface area contributed by atoms with Crippen molar-refractivity contribution in [2.24, 2.45) is 0 Å². The van der Waals surface area contributed by atoms with Crippen LogP contribution in [0.15, 0.2) is 12.1 Å². The summed E-state index contributed by atoms with van der Waals surface area (Å²) >= 11 is 0. The average Bonchev–Trinajstić information content (AvgIpc) is 2.56. The molecule has 0 aliphatic carbocycles. The quantitative estimate of drug-likeness (QED) is 0.633. The van der Waals surface area contributed by atoms with Gasteiger partial charge in [-0.1, -0.05) is 31.0 Å². The van der Waals surface area contributed by atoms with E-state index >= 15 is 0 Å². The number of carbonyl (C=O) groups excluding carboxylic acids is 1. The summed E-state index contributed by atoms with van der Waals surface area (Å²) in [5, 5.41) is 3.34. The average molecular weight is 348 g/mol. The highest BCUT2D eigenvalue weighted by molar-refractivity contribution is 7.77. The van der Waals surface area contributed by atoms with Crippen LogP contribution in [0.1, 0.15) is 62.6 Å². The maximum Gasteiger partial charge on any atom is 0.265 e. The first-order valence-corrected chi connectivity index (χ1v) is 12.1. The van der Waals surface area contributed by atoms with Crippen molar-refractivity contribution in [2.45, 2.75) is 72.4 Å². The molecule has 1 aromatic rings. The van der Waals surface area contributed by atoms with E-state index < -0.39 is 7.26 Å². The summed E-state index contributed by atoms with van der Waals surface area (Å²) in [7, 11) is -1.14. The lowest BCUT2D eigenvalue weighted by Crippen LogP contribution is -2.35. The van der Waals surface area contributed by atoms with Gasteiger partial charge in [-0.25, -0.2) is 0 Å². The minimum atomic E-state index is -1.14. The van der Waals surface area contributed by atoms with E-state index in [2.05, 4.69) is 52.1 Å². The highest BCUT2D eigenvalue weighted by atomic mass is 31.2. The van der Waals surface area contributed by atoms with Crippen LogP contribution in [0.5, 0.6) is 0 Å². The second kappa shape index (κ2) is 8.48. The van der Waals surface area contributed by atoms with Gasteiger partial charge in [0.05, 0.1) is 18.5 Å². The van der Waals surface area contributed by atoms with E-state index in [0.717, 1.165) is 18.5 Å². The van der Waals surface area contributed by atoms with E-state index in [1.54, 1.807) is 0 Å². The van der Waals surface area contributed by atoms with Gasteiger partial charge in [-0.2, -0.15) is 0 Å². The number of nitrogens with one attached hydrogen (secondary N) is 1. The zero-order chi connectivity index (χ0) is 17.7. The predicted molar refractivity (Wildman–Crippen MR) is 109 cm³/mol. The van der Waals surface area contributed by atoms with Gasteiger partial charge in [0.1, 0.15) is 5.66 Å². The van der Waals surface area contributed by atoms with Crippen molar-refractivity contribution in [3.63, 3.8) is 0 Å². The summed E-state index contributed by atoms with van der Waals surface area (Å²) in [6.07, 6.45) is 10.1. The number of carbonyl (C=O) groups is 1. The van der Waals surface area contributed by atoms with E-state index in [1.165, 1.54) is 54.4 Å². The molecule has 0 saturated carbocycles. The van der Waals surface area contributed by atoms with Gasteiger partial charge in [0.25, 0.3) is 5.91 Å². The van der Waals surface area contributed by atoms with Gasteiger partial charge >= 0.3 is 0 Å². The Kier molecular flexibility index (Phi) is 6.87. The summed E-state index contributed by atoms with van der Waals surface area (Å²) in [4.78, 5) is 13.3. The molecular formula is C21H35NOP+. The molecule has 1 unspecified atom stereocenters. The first-order valence-electron chi connectivity index (χ1n) is 9.68. The van der Waals surface area contributed by atoms with E-state index in [-0.39, 0.29) is 5.66 Å². The molecule has 24 heavy (non-hydrogen) atoms. The van der Waals surface area contributed by atoms with Gasteiger partial charge in [-0.3, -0.25) is 4.79 Å². The van der Waals surface area contributed by atoms with E-state index in [0.29, 0.717) is 5.91 Å². The van der Waals surface area contributed by atoms with E-state index in [4.69, 9.17) is 0 Å². The summed E-state index contributed by atoms with van der Waals surface area (Å²) in [5.41, 5.74) is 4.93. The Labute approximate surface area is 149 Å². The van der Waals surface area contributed by atoms with Crippen molar-refractivity contribution in [3.05, 3.63) is 28.8 Å². The second-order valence-corrected chi connectivity index (χ2v) is 12.2. The summed E-state index contributed by atoms with van der Waals surface area (Å²) in [5.74, 6) is 0.295. The fraction of sp³-hybridized carbons (Fsp3) is 0.667. The molecule has 3 heteroatoms. The van der Waals surface area contributed by atoms with Crippen molar-refractivity contribution in [1.82, 2.24) is 0 Å². The van der Waals surface area contributed by atoms with Gasteiger partial charge in [-0.05, 0) is 64.5 Å². The second-order valence-electron chi connectivity index (χ2n) is 7.61. The lowest BCUT2D eigenvalue weighted by molar-refractivity contribution is -0.116. The van der Waals surface area contributed by atoms with Gasteiger partial charge in [-0.15, -0.1) is 0 Å². The van der Waals surface area contributed by atoms with Crippen molar-refractivity contribution < 1.29 is 4.79 Å². The Bertz CT molecular complexity index is 552. The predicted octanol–water partition coefficient (Wildman–Crippen LogP) is 5.94. The molecule has 1 aliphatic heterocycles. The van der Waals surface area contributed by atoms with Crippen molar-refractivity contribution >= 4 is 18.9 Å². The van der Waals surface area contributed by atoms with Crippen LogP contribution in [-0.4, -0.2) is 30.1 Å². The Morgan fingerprint density at radius 3 is 2.17 bits per heavy atom. The maximum atomic E-state index is 13.3. The Morgan fingerprint density at radius 2 is 1.67 bits per heavy atom. The smallest absolute Gasteiger partial charge is 0.265 e. The van der Waals surface area contributed by atoms with Crippen molar-refractivity contribution in [3.8, 4) is 0 Å². The van der Waals surface area contributed by atoms with Gasteiger partial charge in [0.15, 0.2) is 0 Å². The molecule has 1 aromatic carbocycles. The Morgan fingerprint density at radius 1 is 1.08 bits per heavy atom. The molecule has 0 bridgehead atoms. The zero-order valence-corrected chi connectivity index (χ0v) is 17.1. The molecule has 0 radical (unpaired) electrons. The molecule has 0 aromatic heterocycles. The third-order valence-electron chi connectivity index (χ3n) is 5.79. The normalized spacial score (nSPS) is 18.2. The largest absolute Gasteiger partial charge is 0.322 e. The van der Waals surface area contributed by atoms with Crippen LogP contribution in [0.25, 0.3) is 0 Å². The summed E-state index contributed by atoms with van der Waals surface area (Å²) in [6, 6.07) is 4.34. The first-order chi connectivity index (χ1) is 11.4. The molecular weight excluding hydrogens is 313 g/mol. The van der Waals surface area contributed by atoms with Crippen LogP contribution in [0, 0.1) is 20.8 Å². The monoisotopic (exact) mass is 348 g/mol. The highest BCUT2D eigenvalue weighted by Crippen LogP contribution is 2.66. The van der Waals surface area contributed by atoms with Crippen LogP contribution < -0.4 is 5.32 Å². The molecule has 1 aliphatic rings. The van der Waals surface area contributed by atoms with Crippen LogP contribution >= 0.6 is 7.26 Å². The molecule has 1 N–H and O–H groups in total. The molecule has 1 amide bonds. The van der Waals surface area contributed by atoms with Crippen LogP contribution in [0.2, 0.25) is 0 Å². The van der Waals surface area contributed by atoms with E-state index in [9.17, 15) is 4.79 Å². The molecule has 134 valence electrons. The van der Waals surface area contributed by atoms with E-state index in [1.807, 2.05) is 0 Å². The molecule has 2 nitrogen and oxygen atoms in total. The van der Waals surface area contributed by atoms with Gasteiger partial charge < -0.3 is 5.32 Å². The third kappa shape index (κ3) is 4.20. The number of anilines is 1. The fourth-order valence-corrected chi connectivity index (χ4v) is 9.50. The summed E-state index contributed by atoms with van der Waals surface area (Å²) < 4.78 is 0. The maximum absolute atomic E-state index is 13.3. The van der Waals surface area contributed by atoms with Crippen molar-refractivity contribution in [1.29, 1.82) is 0 Å². The molecule has 1 saturated heterocycles.